The molecule has 4 nitrogen and oxygen atoms in total. The molecule has 2 atom stereocenters. The Morgan fingerprint density at radius 1 is 1.50 bits per heavy atom. The van der Waals surface area contributed by atoms with E-state index in [2.05, 4.69) is 11.7 Å². The van der Waals surface area contributed by atoms with Crippen LogP contribution in [-0.2, 0) is 11.2 Å². The number of carbonyl (C=O) groups is 1. The molecule has 0 radical (unpaired) electrons. The van der Waals surface area contributed by atoms with Crippen molar-refractivity contribution in [1.29, 1.82) is 0 Å². The topological polar surface area (TPSA) is 55.6 Å². The first-order chi connectivity index (χ1) is 10.5. The minimum atomic E-state index is -2.86. The van der Waals surface area contributed by atoms with Gasteiger partial charge in [-0.1, -0.05) is 19.1 Å². The van der Waals surface area contributed by atoms with Gasteiger partial charge in [-0.15, -0.1) is 0 Å². The van der Waals surface area contributed by atoms with Gasteiger partial charge in [-0.3, -0.25) is 4.79 Å². The highest BCUT2D eigenvalue weighted by Crippen LogP contribution is 2.23. The number of carbonyl (C=O) groups excluding carboxylic acids is 1. The molecule has 6 heteroatoms. The Labute approximate surface area is 129 Å². The number of hydrogen-bond acceptors (Lipinski definition) is 3. The average Bonchev–Trinajstić information content (AvgIpc) is 2.46. The summed E-state index contributed by atoms with van der Waals surface area (Å²) in [5.41, 5.74) is 6.43. The number of nitrogens with zero attached hydrogens (tertiary/aromatic N) is 1. The van der Waals surface area contributed by atoms with Gasteiger partial charge in [0, 0.05) is 19.1 Å². The summed E-state index contributed by atoms with van der Waals surface area (Å²) in [5, 5.41) is 0. The van der Waals surface area contributed by atoms with Gasteiger partial charge in [0.1, 0.15) is 5.75 Å². The van der Waals surface area contributed by atoms with E-state index in [4.69, 9.17) is 5.73 Å². The minimum Gasteiger partial charge on any atom is -0.435 e. The first-order valence-electron chi connectivity index (χ1n) is 7.53. The first-order valence-corrected chi connectivity index (χ1v) is 7.53. The molecule has 22 heavy (non-hydrogen) atoms. The highest BCUT2D eigenvalue weighted by Gasteiger charge is 2.28. The molecule has 1 heterocycles. The van der Waals surface area contributed by atoms with E-state index in [1.165, 1.54) is 12.1 Å². The van der Waals surface area contributed by atoms with E-state index in [9.17, 15) is 13.6 Å². The van der Waals surface area contributed by atoms with Crippen LogP contribution in [0.5, 0.6) is 5.75 Å². The number of likely N-dealkylation sites (tertiary alicyclic amines) is 1. The monoisotopic (exact) mass is 312 g/mol. The fourth-order valence-corrected chi connectivity index (χ4v) is 2.91. The summed E-state index contributed by atoms with van der Waals surface area (Å²) in [4.78, 5) is 14.3. The Hall–Kier alpha value is -1.69. The van der Waals surface area contributed by atoms with Gasteiger partial charge in [-0.25, -0.2) is 0 Å². The normalized spacial score (nSPS) is 22.0. The predicted molar refractivity (Wildman–Crippen MR) is 79.7 cm³/mol. The molecule has 1 aliphatic rings. The van der Waals surface area contributed by atoms with Crippen molar-refractivity contribution in [2.45, 2.75) is 38.8 Å². The Balaban J connectivity index is 2.02. The van der Waals surface area contributed by atoms with Crippen molar-refractivity contribution in [3.63, 3.8) is 0 Å². The van der Waals surface area contributed by atoms with Crippen LogP contribution in [0.3, 0.4) is 0 Å². The third-order valence-corrected chi connectivity index (χ3v) is 4.05. The summed E-state index contributed by atoms with van der Waals surface area (Å²) in [6, 6.07) is 6.34. The quantitative estimate of drug-likeness (QED) is 0.908. The zero-order valence-corrected chi connectivity index (χ0v) is 12.7. The largest absolute Gasteiger partial charge is 0.435 e. The van der Waals surface area contributed by atoms with Crippen LogP contribution in [0.25, 0.3) is 0 Å². The van der Waals surface area contributed by atoms with E-state index >= 15 is 0 Å². The summed E-state index contributed by atoms with van der Waals surface area (Å²) in [6.45, 7) is 0.450. The van der Waals surface area contributed by atoms with Gasteiger partial charge in [-0.05, 0) is 36.5 Å². The molecule has 0 aliphatic carbocycles. The van der Waals surface area contributed by atoms with Crippen molar-refractivity contribution in [1.82, 2.24) is 4.90 Å². The smallest absolute Gasteiger partial charge is 0.387 e. The Morgan fingerprint density at radius 3 is 2.95 bits per heavy atom. The fraction of sp³-hybridized carbons (Fsp3) is 0.562. The molecule has 2 rings (SSSR count). The molecule has 0 aromatic heterocycles. The Bertz CT molecular complexity index is 511. The predicted octanol–water partition coefficient (Wildman–Crippen LogP) is 2.42. The van der Waals surface area contributed by atoms with E-state index in [1.807, 2.05) is 4.90 Å². The lowest BCUT2D eigenvalue weighted by atomic mass is 9.92. The summed E-state index contributed by atoms with van der Waals surface area (Å²) in [7, 11) is 0. The van der Waals surface area contributed by atoms with Crippen molar-refractivity contribution >= 4 is 5.91 Å². The lowest BCUT2D eigenvalue weighted by Crippen LogP contribution is -2.49. The van der Waals surface area contributed by atoms with E-state index in [1.54, 1.807) is 12.1 Å². The second kappa shape index (κ2) is 7.54. The highest BCUT2D eigenvalue weighted by molar-refractivity contribution is 5.79. The van der Waals surface area contributed by atoms with Crippen LogP contribution in [0.15, 0.2) is 24.3 Å². The maximum Gasteiger partial charge on any atom is 0.387 e. The third kappa shape index (κ3) is 4.40. The summed E-state index contributed by atoms with van der Waals surface area (Å²) < 4.78 is 28.8. The number of hydrogen-bond donors (Lipinski definition) is 1. The zero-order valence-electron chi connectivity index (χ0n) is 12.7. The van der Waals surface area contributed by atoms with Crippen molar-refractivity contribution in [2.75, 3.05) is 13.1 Å². The molecule has 0 bridgehead atoms. The molecule has 1 aromatic carbocycles. The molecule has 1 fully saturated rings. The molecule has 122 valence electrons. The second-order valence-electron chi connectivity index (χ2n) is 5.81. The SMILES string of the molecule is CC1CCN(C(=O)Cc2cccc(OC(F)F)c2)C(CN)C1. The molecule has 1 saturated heterocycles. The molecule has 1 aliphatic heterocycles. The number of piperidine rings is 1. The van der Waals surface area contributed by atoms with Gasteiger partial charge in [0.15, 0.2) is 0 Å². The lowest BCUT2D eigenvalue weighted by Gasteiger charge is -2.38. The number of nitrogens with two attached hydrogens (primary N) is 1. The molecule has 1 aromatic rings. The van der Waals surface area contributed by atoms with Crippen molar-refractivity contribution < 1.29 is 18.3 Å². The van der Waals surface area contributed by atoms with Gasteiger partial charge in [0.05, 0.1) is 6.42 Å². The standard InChI is InChI=1S/C16H22F2N2O2/c1-11-5-6-20(13(7-11)10-19)15(21)9-12-3-2-4-14(8-12)22-16(17)18/h2-4,8,11,13,16H,5-7,9-10,19H2,1H3. The molecule has 2 N–H and O–H groups in total. The number of rotatable bonds is 5. The second-order valence-corrected chi connectivity index (χ2v) is 5.81. The lowest BCUT2D eigenvalue weighted by molar-refractivity contribution is -0.134. The number of ether oxygens (including phenoxy) is 1. The Morgan fingerprint density at radius 2 is 2.27 bits per heavy atom. The number of halogens is 2. The van der Waals surface area contributed by atoms with E-state index in [-0.39, 0.29) is 24.1 Å². The van der Waals surface area contributed by atoms with Crippen LogP contribution < -0.4 is 10.5 Å². The van der Waals surface area contributed by atoms with Crippen molar-refractivity contribution in [3.05, 3.63) is 29.8 Å². The first kappa shape index (κ1) is 16.7. The Kier molecular flexibility index (Phi) is 5.71. The van der Waals surface area contributed by atoms with Gasteiger partial charge >= 0.3 is 6.61 Å². The van der Waals surface area contributed by atoms with Crippen LogP contribution >= 0.6 is 0 Å². The minimum absolute atomic E-state index is 0.0171. The van der Waals surface area contributed by atoms with E-state index in [0.29, 0.717) is 24.6 Å². The molecule has 1 amide bonds. The van der Waals surface area contributed by atoms with Crippen LogP contribution in [0.2, 0.25) is 0 Å². The average molecular weight is 312 g/mol. The number of amides is 1. The summed E-state index contributed by atoms with van der Waals surface area (Å²) in [5.74, 6) is 0.625. The molecule has 0 spiro atoms. The van der Waals surface area contributed by atoms with E-state index < -0.39 is 6.61 Å². The number of alkyl halides is 2. The zero-order chi connectivity index (χ0) is 16.1. The molecular weight excluding hydrogens is 290 g/mol. The highest BCUT2D eigenvalue weighted by atomic mass is 19.3. The molecular formula is C16H22F2N2O2. The summed E-state index contributed by atoms with van der Waals surface area (Å²) in [6.07, 6.45) is 2.05. The maximum atomic E-state index is 12.5. The third-order valence-electron chi connectivity index (χ3n) is 4.05. The van der Waals surface area contributed by atoms with Gasteiger partial charge in [0.25, 0.3) is 0 Å². The van der Waals surface area contributed by atoms with Gasteiger partial charge in [0.2, 0.25) is 5.91 Å². The fourth-order valence-electron chi connectivity index (χ4n) is 2.91. The van der Waals surface area contributed by atoms with Crippen LogP contribution in [0.1, 0.15) is 25.3 Å². The number of benzene rings is 1. The van der Waals surface area contributed by atoms with Crippen LogP contribution in [0, 0.1) is 5.92 Å². The molecule has 0 saturated carbocycles. The maximum absolute atomic E-state index is 12.5. The van der Waals surface area contributed by atoms with Crippen LogP contribution in [-0.4, -0.2) is 36.5 Å². The van der Waals surface area contributed by atoms with Crippen molar-refractivity contribution in [2.24, 2.45) is 11.7 Å². The van der Waals surface area contributed by atoms with Gasteiger partial charge in [-0.2, -0.15) is 8.78 Å². The van der Waals surface area contributed by atoms with Gasteiger partial charge < -0.3 is 15.4 Å². The summed E-state index contributed by atoms with van der Waals surface area (Å²) >= 11 is 0. The van der Waals surface area contributed by atoms with Crippen molar-refractivity contribution in [3.8, 4) is 5.75 Å². The van der Waals surface area contributed by atoms with Crippen LogP contribution in [0.4, 0.5) is 8.78 Å². The molecule has 2 unspecified atom stereocenters. The van der Waals surface area contributed by atoms with E-state index in [0.717, 1.165) is 12.8 Å².